The van der Waals surface area contributed by atoms with Crippen LogP contribution in [0.1, 0.15) is 24.2 Å². The van der Waals surface area contributed by atoms with Crippen molar-refractivity contribution >= 4 is 34.5 Å². The molecule has 1 aromatic heterocycles. The summed E-state index contributed by atoms with van der Waals surface area (Å²) in [5.74, 6) is -2.42. The third-order valence-corrected chi connectivity index (χ3v) is 3.81. The second-order valence-electron chi connectivity index (χ2n) is 5.96. The van der Waals surface area contributed by atoms with Crippen molar-refractivity contribution in [2.24, 2.45) is 0 Å². The van der Waals surface area contributed by atoms with Crippen LogP contribution >= 0.6 is 0 Å². The van der Waals surface area contributed by atoms with Crippen LogP contribution in [-0.4, -0.2) is 23.0 Å². The lowest BCUT2D eigenvalue weighted by molar-refractivity contribution is -0.132. The minimum Gasteiger partial charge on any atom is -0.478 e. The highest BCUT2D eigenvalue weighted by Gasteiger charge is 2.20. The molecule has 1 amide bonds. The molecule has 0 bridgehead atoms. The van der Waals surface area contributed by atoms with Crippen molar-refractivity contribution in [2.45, 2.75) is 13.8 Å². The van der Waals surface area contributed by atoms with E-state index in [1.54, 1.807) is 0 Å². The van der Waals surface area contributed by atoms with Crippen LogP contribution in [0.2, 0.25) is 0 Å². The number of carboxylic acids is 1. The average Bonchev–Trinajstić information content (AvgIpc) is 2.63. The van der Waals surface area contributed by atoms with E-state index in [2.05, 4.69) is 5.32 Å². The van der Waals surface area contributed by atoms with Crippen molar-refractivity contribution in [3.8, 4) is 17.1 Å². The molecule has 0 aliphatic heterocycles. The van der Waals surface area contributed by atoms with Crippen molar-refractivity contribution < 1.29 is 28.6 Å². The maximum Gasteiger partial charge on any atom is 0.335 e. The predicted octanol–water partition coefficient (Wildman–Crippen LogP) is 3.04. The minimum absolute atomic E-state index is 0.0235. The first-order chi connectivity index (χ1) is 13.3. The first-order valence-corrected chi connectivity index (χ1v) is 8.17. The second-order valence-corrected chi connectivity index (χ2v) is 5.96. The molecule has 0 aliphatic carbocycles. The molecule has 2 N–H and O–H groups in total. The molecule has 0 spiro atoms. The van der Waals surface area contributed by atoms with E-state index in [-0.39, 0.29) is 33.9 Å². The SMILES string of the molecule is CC(=O)Nc1ccc2c(=O)c(OC(C)=O)c(-c3ccc(C(=O)O)cc3)oc2c1. The van der Waals surface area contributed by atoms with Crippen LogP contribution in [0.5, 0.6) is 5.75 Å². The highest BCUT2D eigenvalue weighted by molar-refractivity contribution is 5.93. The standard InChI is InChI=1S/C20H15NO7/c1-10(22)21-14-7-8-15-16(9-14)28-18(19(17(15)24)27-11(2)23)12-3-5-13(6-4-12)20(25)26/h3-9H,1-2H3,(H,21,22)(H,25,26). The molecule has 0 aliphatic rings. The summed E-state index contributed by atoms with van der Waals surface area (Å²) in [6, 6.07) is 10.0. The number of rotatable bonds is 4. The van der Waals surface area contributed by atoms with Gasteiger partial charge in [0.05, 0.1) is 10.9 Å². The Balaban J connectivity index is 2.24. The molecule has 3 rings (SSSR count). The topological polar surface area (TPSA) is 123 Å². The van der Waals surface area contributed by atoms with Crippen LogP contribution in [0, 0.1) is 0 Å². The predicted molar refractivity (Wildman–Crippen MR) is 100 cm³/mol. The number of carbonyl (C=O) groups excluding carboxylic acids is 2. The number of amides is 1. The fraction of sp³-hybridized carbons (Fsp3) is 0.100. The highest BCUT2D eigenvalue weighted by Crippen LogP contribution is 2.32. The van der Waals surface area contributed by atoms with E-state index in [4.69, 9.17) is 14.3 Å². The first-order valence-electron chi connectivity index (χ1n) is 8.17. The van der Waals surface area contributed by atoms with Gasteiger partial charge in [0.25, 0.3) is 0 Å². The van der Waals surface area contributed by atoms with Gasteiger partial charge in [-0.05, 0) is 24.3 Å². The lowest BCUT2D eigenvalue weighted by atomic mass is 10.1. The fourth-order valence-corrected chi connectivity index (χ4v) is 2.65. The molecular formula is C20H15NO7. The van der Waals surface area contributed by atoms with Gasteiger partial charge in [0, 0.05) is 31.2 Å². The van der Waals surface area contributed by atoms with Gasteiger partial charge in [0.1, 0.15) is 5.58 Å². The van der Waals surface area contributed by atoms with Crippen molar-refractivity contribution in [1.82, 2.24) is 0 Å². The number of carbonyl (C=O) groups is 3. The zero-order valence-electron chi connectivity index (χ0n) is 14.9. The fourth-order valence-electron chi connectivity index (χ4n) is 2.65. The first kappa shape index (κ1) is 18.8. The van der Waals surface area contributed by atoms with Gasteiger partial charge in [-0.2, -0.15) is 0 Å². The Morgan fingerprint density at radius 2 is 1.71 bits per heavy atom. The molecule has 0 saturated heterocycles. The quantitative estimate of drug-likeness (QED) is 0.666. The lowest BCUT2D eigenvalue weighted by Crippen LogP contribution is -2.14. The third-order valence-electron chi connectivity index (χ3n) is 3.81. The van der Waals surface area contributed by atoms with Crippen LogP contribution in [0.3, 0.4) is 0 Å². The van der Waals surface area contributed by atoms with Gasteiger partial charge in [-0.3, -0.25) is 14.4 Å². The monoisotopic (exact) mass is 381 g/mol. The summed E-state index contributed by atoms with van der Waals surface area (Å²) in [4.78, 5) is 46.6. The highest BCUT2D eigenvalue weighted by atomic mass is 16.5. The van der Waals surface area contributed by atoms with E-state index in [0.29, 0.717) is 11.3 Å². The Morgan fingerprint density at radius 1 is 1.04 bits per heavy atom. The molecule has 0 unspecified atom stereocenters. The molecule has 0 saturated carbocycles. The summed E-state index contributed by atoms with van der Waals surface area (Å²) >= 11 is 0. The van der Waals surface area contributed by atoms with Crippen molar-refractivity contribution in [1.29, 1.82) is 0 Å². The van der Waals surface area contributed by atoms with Crippen molar-refractivity contribution in [2.75, 3.05) is 5.32 Å². The number of hydrogen-bond acceptors (Lipinski definition) is 6. The van der Waals surface area contributed by atoms with Crippen molar-refractivity contribution in [3.05, 3.63) is 58.3 Å². The van der Waals surface area contributed by atoms with E-state index in [9.17, 15) is 19.2 Å². The van der Waals surface area contributed by atoms with Crippen LogP contribution < -0.4 is 15.5 Å². The van der Waals surface area contributed by atoms with Crippen LogP contribution in [0.15, 0.2) is 51.7 Å². The summed E-state index contributed by atoms with van der Waals surface area (Å²) in [6.07, 6.45) is 0. The number of hydrogen-bond donors (Lipinski definition) is 2. The summed E-state index contributed by atoms with van der Waals surface area (Å²) in [6.45, 7) is 2.50. The molecule has 28 heavy (non-hydrogen) atoms. The minimum atomic E-state index is -1.10. The molecule has 0 fully saturated rings. The summed E-state index contributed by atoms with van der Waals surface area (Å²) < 4.78 is 10.9. The average molecular weight is 381 g/mol. The molecule has 142 valence electrons. The van der Waals surface area contributed by atoms with Gasteiger partial charge in [0.15, 0.2) is 5.76 Å². The maximum absolute atomic E-state index is 12.8. The zero-order valence-corrected chi connectivity index (χ0v) is 14.9. The number of esters is 1. The van der Waals surface area contributed by atoms with Gasteiger partial charge in [-0.15, -0.1) is 0 Å². The van der Waals surface area contributed by atoms with Crippen LogP contribution in [0.4, 0.5) is 5.69 Å². The Morgan fingerprint density at radius 3 is 2.29 bits per heavy atom. The molecule has 8 heteroatoms. The Bertz CT molecular complexity index is 1160. The number of carboxylic acid groups (broad SMARTS) is 1. The summed E-state index contributed by atoms with van der Waals surface area (Å²) in [5, 5.41) is 11.8. The number of aromatic carboxylic acids is 1. The normalized spacial score (nSPS) is 10.5. The molecule has 2 aromatic carbocycles. The molecule has 3 aromatic rings. The van der Waals surface area contributed by atoms with E-state index in [0.717, 1.165) is 6.92 Å². The van der Waals surface area contributed by atoms with Gasteiger partial charge in [-0.25, -0.2) is 4.79 Å². The third kappa shape index (κ3) is 3.75. The second kappa shape index (κ2) is 7.36. The van der Waals surface area contributed by atoms with E-state index in [1.807, 2.05) is 0 Å². The van der Waals surface area contributed by atoms with Crippen LogP contribution in [-0.2, 0) is 9.59 Å². The number of fused-ring (bicyclic) bond motifs is 1. The lowest BCUT2D eigenvalue weighted by Gasteiger charge is -2.11. The molecule has 8 nitrogen and oxygen atoms in total. The largest absolute Gasteiger partial charge is 0.478 e. The van der Waals surface area contributed by atoms with Gasteiger partial charge >= 0.3 is 11.9 Å². The Kier molecular flexibility index (Phi) is 4.95. The van der Waals surface area contributed by atoms with E-state index < -0.39 is 17.4 Å². The van der Waals surface area contributed by atoms with E-state index >= 15 is 0 Å². The zero-order chi connectivity index (χ0) is 20.4. The number of ether oxygens (including phenoxy) is 1. The summed E-state index contributed by atoms with van der Waals surface area (Å²) in [5.41, 5.74) is 0.433. The molecule has 0 atom stereocenters. The number of benzene rings is 2. The van der Waals surface area contributed by atoms with Crippen molar-refractivity contribution in [3.63, 3.8) is 0 Å². The maximum atomic E-state index is 12.8. The number of anilines is 1. The molecule has 0 radical (unpaired) electrons. The Labute approximate surface area is 158 Å². The summed E-state index contributed by atoms with van der Waals surface area (Å²) in [7, 11) is 0. The molecule has 1 heterocycles. The number of nitrogens with one attached hydrogen (secondary N) is 1. The smallest absolute Gasteiger partial charge is 0.335 e. The molecular weight excluding hydrogens is 366 g/mol. The van der Waals surface area contributed by atoms with Crippen LogP contribution in [0.25, 0.3) is 22.3 Å². The van der Waals surface area contributed by atoms with Gasteiger partial charge in [-0.1, -0.05) is 12.1 Å². The Hall–Kier alpha value is -3.94. The van der Waals surface area contributed by atoms with Gasteiger partial charge in [0.2, 0.25) is 17.1 Å². The van der Waals surface area contributed by atoms with Gasteiger partial charge < -0.3 is 19.6 Å². The van der Waals surface area contributed by atoms with E-state index in [1.165, 1.54) is 49.4 Å².